The lowest BCUT2D eigenvalue weighted by Crippen LogP contribution is -2.31. The highest BCUT2D eigenvalue weighted by Gasteiger charge is 2.26. The molecule has 0 atom stereocenters. The average Bonchev–Trinajstić information content (AvgIpc) is 1.85. The molecular formula is C9H19NO2. The van der Waals surface area contributed by atoms with Gasteiger partial charge in [-0.25, -0.2) is 0 Å². The summed E-state index contributed by atoms with van der Waals surface area (Å²) in [5.74, 6) is -0.729. The molecule has 0 rings (SSSR count). The summed E-state index contributed by atoms with van der Waals surface area (Å²) in [5.41, 5.74) is -0.609. The molecule has 0 aromatic carbocycles. The molecule has 0 saturated heterocycles. The second kappa shape index (κ2) is 4.45. The van der Waals surface area contributed by atoms with E-state index in [1.807, 2.05) is 13.8 Å². The van der Waals surface area contributed by atoms with Crippen molar-refractivity contribution in [2.24, 2.45) is 5.41 Å². The second-order valence-electron chi connectivity index (χ2n) is 4.05. The van der Waals surface area contributed by atoms with Crippen molar-refractivity contribution in [3.05, 3.63) is 0 Å². The zero-order valence-electron chi connectivity index (χ0n) is 8.35. The topological polar surface area (TPSA) is 49.3 Å². The largest absolute Gasteiger partial charge is 0.481 e. The molecule has 0 aliphatic carbocycles. The minimum atomic E-state index is -0.729. The van der Waals surface area contributed by atoms with E-state index >= 15 is 0 Å². The molecule has 0 saturated carbocycles. The summed E-state index contributed by atoms with van der Waals surface area (Å²) in [6.07, 6.45) is 0.667. The molecule has 0 aliphatic rings. The van der Waals surface area contributed by atoms with Crippen LogP contribution in [0.1, 0.15) is 34.1 Å². The van der Waals surface area contributed by atoms with E-state index in [0.29, 0.717) is 12.5 Å². The van der Waals surface area contributed by atoms with Gasteiger partial charge in [0.05, 0.1) is 5.41 Å². The number of carbonyl (C=O) groups is 1. The van der Waals surface area contributed by atoms with Crippen molar-refractivity contribution >= 4 is 5.97 Å². The van der Waals surface area contributed by atoms with Gasteiger partial charge in [-0.05, 0) is 26.8 Å². The Labute approximate surface area is 74.2 Å². The van der Waals surface area contributed by atoms with E-state index in [2.05, 4.69) is 5.32 Å². The van der Waals surface area contributed by atoms with Gasteiger partial charge < -0.3 is 10.4 Å². The van der Waals surface area contributed by atoms with Crippen molar-refractivity contribution in [3.8, 4) is 0 Å². The summed E-state index contributed by atoms with van der Waals surface area (Å²) in [6, 6.07) is 0.426. The third-order valence-electron chi connectivity index (χ3n) is 1.88. The van der Waals surface area contributed by atoms with Gasteiger partial charge in [0.15, 0.2) is 0 Å². The molecule has 0 radical (unpaired) electrons. The first-order valence-corrected chi connectivity index (χ1v) is 4.33. The summed E-state index contributed by atoms with van der Waals surface area (Å²) >= 11 is 0. The second-order valence-corrected chi connectivity index (χ2v) is 4.05. The molecule has 12 heavy (non-hydrogen) atoms. The Hall–Kier alpha value is -0.570. The van der Waals surface area contributed by atoms with Crippen LogP contribution in [0.25, 0.3) is 0 Å². The Kier molecular flexibility index (Phi) is 4.24. The fraction of sp³-hybridized carbons (Fsp3) is 0.889. The molecule has 0 amide bonds. The molecule has 0 bridgehead atoms. The van der Waals surface area contributed by atoms with E-state index in [-0.39, 0.29) is 0 Å². The maximum Gasteiger partial charge on any atom is 0.309 e. The van der Waals surface area contributed by atoms with Crippen LogP contribution in [-0.4, -0.2) is 23.7 Å². The van der Waals surface area contributed by atoms with Crippen LogP contribution in [0.5, 0.6) is 0 Å². The molecule has 2 N–H and O–H groups in total. The van der Waals surface area contributed by atoms with E-state index in [1.54, 1.807) is 13.8 Å². The highest BCUT2D eigenvalue weighted by Crippen LogP contribution is 2.19. The lowest BCUT2D eigenvalue weighted by molar-refractivity contribution is -0.147. The fourth-order valence-electron chi connectivity index (χ4n) is 0.780. The van der Waals surface area contributed by atoms with Crippen molar-refractivity contribution in [2.45, 2.75) is 40.2 Å². The summed E-state index contributed by atoms with van der Waals surface area (Å²) in [7, 11) is 0. The highest BCUT2D eigenvalue weighted by molar-refractivity contribution is 5.73. The molecule has 3 heteroatoms. The summed E-state index contributed by atoms with van der Waals surface area (Å²) in [5, 5.41) is 12.0. The Balaban J connectivity index is 3.69. The number of hydrogen-bond donors (Lipinski definition) is 2. The predicted molar refractivity (Wildman–Crippen MR) is 49.2 cm³/mol. The van der Waals surface area contributed by atoms with Gasteiger partial charge in [0.2, 0.25) is 0 Å². The van der Waals surface area contributed by atoms with E-state index in [9.17, 15) is 4.79 Å². The van der Waals surface area contributed by atoms with Crippen molar-refractivity contribution in [2.75, 3.05) is 6.54 Å². The Morgan fingerprint density at radius 1 is 1.50 bits per heavy atom. The van der Waals surface area contributed by atoms with E-state index in [1.165, 1.54) is 0 Å². The number of rotatable bonds is 5. The van der Waals surface area contributed by atoms with Gasteiger partial charge in [-0.1, -0.05) is 13.8 Å². The van der Waals surface area contributed by atoms with Crippen molar-refractivity contribution < 1.29 is 9.90 Å². The van der Waals surface area contributed by atoms with Gasteiger partial charge in [-0.2, -0.15) is 0 Å². The van der Waals surface area contributed by atoms with Gasteiger partial charge in [0.25, 0.3) is 0 Å². The van der Waals surface area contributed by atoms with Gasteiger partial charge in [0, 0.05) is 6.04 Å². The molecule has 0 unspecified atom stereocenters. The van der Waals surface area contributed by atoms with Crippen LogP contribution in [-0.2, 0) is 4.79 Å². The molecule has 0 fully saturated rings. The Morgan fingerprint density at radius 2 is 2.00 bits per heavy atom. The van der Waals surface area contributed by atoms with Crippen LogP contribution >= 0.6 is 0 Å². The van der Waals surface area contributed by atoms with Crippen molar-refractivity contribution in [3.63, 3.8) is 0 Å². The maximum atomic E-state index is 10.7. The Bertz CT molecular complexity index is 153. The van der Waals surface area contributed by atoms with Crippen LogP contribution in [0, 0.1) is 5.41 Å². The summed E-state index contributed by atoms with van der Waals surface area (Å²) in [6.45, 7) is 8.35. The highest BCUT2D eigenvalue weighted by atomic mass is 16.4. The average molecular weight is 173 g/mol. The van der Waals surface area contributed by atoms with E-state index in [0.717, 1.165) is 6.54 Å². The first-order chi connectivity index (χ1) is 5.36. The minimum Gasteiger partial charge on any atom is -0.481 e. The van der Waals surface area contributed by atoms with E-state index < -0.39 is 11.4 Å². The molecule has 0 aromatic heterocycles. The molecule has 72 valence electrons. The number of carboxylic acid groups (broad SMARTS) is 1. The fourth-order valence-corrected chi connectivity index (χ4v) is 0.780. The smallest absolute Gasteiger partial charge is 0.309 e. The number of hydrogen-bond acceptors (Lipinski definition) is 2. The predicted octanol–water partition coefficient (Wildman–Crippen LogP) is 1.49. The van der Waals surface area contributed by atoms with Crippen LogP contribution in [0.4, 0.5) is 0 Å². The van der Waals surface area contributed by atoms with Gasteiger partial charge in [0.1, 0.15) is 0 Å². The van der Waals surface area contributed by atoms with Gasteiger partial charge in [-0.3, -0.25) is 4.79 Å². The Morgan fingerprint density at radius 3 is 2.33 bits per heavy atom. The van der Waals surface area contributed by atoms with Crippen LogP contribution in [0.15, 0.2) is 0 Å². The third-order valence-corrected chi connectivity index (χ3v) is 1.88. The van der Waals surface area contributed by atoms with Gasteiger partial charge in [-0.15, -0.1) is 0 Å². The zero-order chi connectivity index (χ0) is 9.78. The SMILES string of the molecule is CC(C)NCCC(C)(C)C(=O)O. The zero-order valence-corrected chi connectivity index (χ0v) is 8.35. The molecule has 0 heterocycles. The van der Waals surface area contributed by atoms with Gasteiger partial charge >= 0.3 is 5.97 Å². The quantitative estimate of drug-likeness (QED) is 0.662. The summed E-state index contributed by atoms with van der Waals surface area (Å²) in [4.78, 5) is 10.7. The molecule has 0 aliphatic heterocycles. The number of aliphatic carboxylic acids is 1. The van der Waals surface area contributed by atoms with Crippen LogP contribution in [0.3, 0.4) is 0 Å². The minimum absolute atomic E-state index is 0.426. The lowest BCUT2D eigenvalue weighted by atomic mass is 9.89. The lowest BCUT2D eigenvalue weighted by Gasteiger charge is -2.19. The summed E-state index contributed by atoms with van der Waals surface area (Å²) < 4.78 is 0. The standard InChI is InChI=1S/C9H19NO2/c1-7(2)10-6-5-9(3,4)8(11)12/h7,10H,5-6H2,1-4H3,(H,11,12). The first-order valence-electron chi connectivity index (χ1n) is 4.33. The maximum absolute atomic E-state index is 10.7. The normalized spacial score (nSPS) is 12.1. The first kappa shape index (κ1) is 11.4. The monoisotopic (exact) mass is 173 g/mol. The van der Waals surface area contributed by atoms with Crippen molar-refractivity contribution in [1.29, 1.82) is 0 Å². The van der Waals surface area contributed by atoms with Crippen LogP contribution in [0.2, 0.25) is 0 Å². The molecular weight excluding hydrogens is 154 g/mol. The van der Waals surface area contributed by atoms with Crippen molar-refractivity contribution in [1.82, 2.24) is 5.32 Å². The number of carboxylic acids is 1. The molecule has 0 aromatic rings. The molecule has 3 nitrogen and oxygen atoms in total. The number of nitrogens with one attached hydrogen (secondary N) is 1. The molecule has 0 spiro atoms. The van der Waals surface area contributed by atoms with E-state index in [4.69, 9.17) is 5.11 Å². The third kappa shape index (κ3) is 4.34. The van der Waals surface area contributed by atoms with Crippen LogP contribution < -0.4 is 5.32 Å².